The van der Waals surface area contributed by atoms with Crippen LogP contribution in [-0.2, 0) is 10.4 Å². The van der Waals surface area contributed by atoms with Crippen molar-refractivity contribution in [3.05, 3.63) is 68.7 Å². The number of carbonyl (C=O) groups excluding carboxylic acids is 1. The Morgan fingerprint density at radius 3 is 2.50 bits per heavy atom. The Hall–Kier alpha value is -1.90. The van der Waals surface area contributed by atoms with Crippen LogP contribution >= 0.6 is 35.0 Å². The number of oxime groups is 1. The number of aryl methyl sites for hydroxylation is 1. The normalized spacial score (nSPS) is 18.3. The molecule has 1 heterocycles. The minimum absolute atomic E-state index is 0.0664. The Morgan fingerprint density at radius 2 is 1.91 bits per heavy atom. The molecule has 0 radical (unpaired) electrons. The van der Waals surface area contributed by atoms with Gasteiger partial charge in [-0.2, -0.15) is 24.9 Å². The number of halogens is 5. The Labute approximate surface area is 198 Å². The second-order valence-electron chi connectivity index (χ2n) is 7.27. The summed E-state index contributed by atoms with van der Waals surface area (Å²) in [6.45, 7) is 4.30. The average molecular weight is 505 g/mol. The molecule has 0 saturated heterocycles. The Morgan fingerprint density at radius 1 is 1.22 bits per heavy atom. The van der Waals surface area contributed by atoms with Crippen LogP contribution in [0.3, 0.4) is 0 Å². The minimum Gasteiger partial charge on any atom is -0.374 e. The second kappa shape index (κ2) is 9.93. The third kappa shape index (κ3) is 5.18. The molecule has 0 aliphatic carbocycles. The van der Waals surface area contributed by atoms with E-state index in [0.717, 1.165) is 11.5 Å². The highest BCUT2D eigenvalue weighted by atomic mass is 35.5. The minimum atomic E-state index is -4.77. The van der Waals surface area contributed by atoms with Gasteiger partial charge in [-0.25, -0.2) is 0 Å². The first kappa shape index (κ1) is 24.7. The van der Waals surface area contributed by atoms with Gasteiger partial charge in [-0.05, 0) is 54.1 Å². The number of alkyl halides is 3. The van der Waals surface area contributed by atoms with Crippen LogP contribution in [0, 0.1) is 6.92 Å². The van der Waals surface area contributed by atoms with E-state index in [1.165, 1.54) is 18.2 Å². The molecule has 0 saturated carbocycles. The molecule has 0 spiro atoms. The van der Waals surface area contributed by atoms with Gasteiger partial charge >= 0.3 is 6.18 Å². The van der Waals surface area contributed by atoms with E-state index in [9.17, 15) is 18.0 Å². The summed E-state index contributed by atoms with van der Waals surface area (Å²) in [5, 5.41) is 6.73. The van der Waals surface area contributed by atoms with Gasteiger partial charge in [0, 0.05) is 39.9 Å². The average Bonchev–Trinajstić information content (AvgIpc) is 3.17. The molecule has 10 heteroatoms. The molecular formula is C22H21Cl2F3N2O2S. The van der Waals surface area contributed by atoms with Crippen LogP contribution in [0.15, 0.2) is 41.6 Å². The summed E-state index contributed by atoms with van der Waals surface area (Å²) in [4.78, 5) is 17.4. The molecule has 0 bridgehead atoms. The van der Waals surface area contributed by atoms with Gasteiger partial charge in [-0.1, -0.05) is 41.3 Å². The molecule has 4 nitrogen and oxygen atoms in total. The molecule has 2 aromatic rings. The van der Waals surface area contributed by atoms with Gasteiger partial charge in [-0.3, -0.25) is 4.79 Å². The van der Waals surface area contributed by atoms with Gasteiger partial charge in [-0.15, -0.1) is 0 Å². The van der Waals surface area contributed by atoms with Gasteiger partial charge in [0.25, 0.3) is 11.5 Å². The molecule has 1 aliphatic heterocycles. The Balaban J connectivity index is 1.84. The monoisotopic (exact) mass is 504 g/mol. The van der Waals surface area contributed by atoms with Crippen molar-refractivity contribution in [3.63, 3.8) is 0 Å². The van der Waals surface area contributed by atoms with Crippen molar-refractivity contribution in [3.8, 4) is 0 Å². The standard InChI is InChI=1S/C22H21Cl2F3N2O2S/c1-3-32-7-6-28-20(30)18-5-4-14(8-13(18)2)19-12-21(31-29-19,22(25,26)27)15-9-16(23)11-17(24)10-15/h4-5,8-11H,3,6-7,12H2,1-2H3,(H,28,30). The number of hydrogen-bond acceptors (Lipinski definition) is 4. The highest BCUT2D eigenvalue weighted by molar-refractivity contribution is 7.99. The zero-order chi connectivity index (χ0) is 23.5. The summed E-state index contributed by atoms with van der Waals surface area (Å²) in [5.74, 6) is 1.54. The topological polar surface area (TPSA) is 50.7 Å². The van der Waals surface area contributed by atoms with Crippen LogP contribution in [0.5, 0.6) is 0 Å². The van der Waals surface area contributed by atoms with E-state index in [1.54, 1.807) is 36.9 Å². The van der Waals surface area contributed by atoms with Crippen molar-refractivity contribution in [1.29, 1.82) is 0 Å². The zero-order valence-electron chi connectivity index (χ0n) is 17.4. The maximum Gasteiger partial charge on any atom is 0.435 e. The van der Waals surface area contributed by atoms with Crippen LogP contribution in [0.2, 0.25) is 10.0 Å². The first-order valence-corrected chi connectivity index (χ1v) is 11.7. The summed E-state index contributed by atoms with van der Waals surface area (Å²) in [5.41, 5.74) is -1.27. The number of amides is 1. The van der Waals surface area contributed by atoms with E-state index >= 15 is 0 Å². The van der Waals surface area contributed by atoms with Crippen LogP contribution in [0.25, 0.3) is 0 Å². The van der Waals surface area contributed by atoms with E-state index in [0.29, 0.717) is 23.2 Å². The molecule has 1 atom stereocenters. The lowest BCUT2D eigenvalue weighted by Crippen LogP contribution is -2.42. The van der Waals surface area contributed by atoms with E-state index < -0.39 is 18.2 Å². The number of rotatable bonds is 7. The maximum absolute atomic E-state index is 14.1. The van der Waals surface area contributed by atoms with Crippen molar-refractivity contribution in [2.45, 2.75) is 32.0 Å². The van der Waals surface area contributed by atoms with Crippen LogP contribution in [-0.4, -0.2) is 35.8 Å². The van der Waals surface area contributed by atoms with Crippen molar-refractivity contribution in [2.75, 3.05) is 18.1 Å². The molecule has 0 aromatic heterocycles. The zero-order valence-corrected chi connectivity index (χ0v) is 19.7. The van der Waals surface area contributed by atoms with Gasteiger partial charge in [0.15, 0.2) is 0 Å². The lowest BCUT2D eigenvalue weighted by molar-refractivity contribution is -0.275. The summed E-state index contributed by atoms with van der Waals surface area (Å²) >= 11 is 13.6. The molecule has 1 amide bonds. The van der Waals surface area contributed by atoms with E-state index in [4.69, 9.17) is 28.0 Å². The Kier molecular flexibility index (Phi) is 7.68. The van der Waals surface area contributed by atoms with Gasteiger partial charge < -0.3 is 10.2 Å². The van der Waals surface area contributed by atoms with E-state index in [2.05, 4.69) is 10.5 Å². The molecule has 32 heavy (non-hydrogen) atoms. The van der Waals surface area contributed by atoms with Gasteiger partial charge in [0.2, 0.25) is 0 Å². The molecular weight excluding hydrogens is 484 g/mol. The van der Waals surface area contributed by atoms with Crippen LogP contribution in [0.4, 0.5) is 13.2 Å². The largest absolute Gasteiger partial charge is 0.435 e. The van der Waals surface area contributed by atoms with E-state index in [1.807, 2.05) is 6.92 Å². The van der Waals surface area contributed by atoms with Crippen molar-refractivity contribution in [2.24, 2.45) is 5.16 Å². The first-order valence-electron chi connectivity index (χ1n) is 9.82. The number of nitrogens with one attached hydrogen (secondary N) is 1. The number of carbonyl (C=O) groups is 1. The second-order valence-corrected chi connectivity index (χ2v) is 9.54. The van der Waals surface area contributed by atoms with Gasteiger partial charge in [0.05, 0.1) is 5.71 Å². The maximum atomic E-state index is 14.1. The quantitative estimate of drug-likeness (QED) is 0.445. The molecule has 172 valence electrons. The fraction of sp³-hybridized carbons (Fsp3) is 0.364. The lowest BCUT2D eigenvalue weighted by atomic mass is 9.86. The number of thioether (sulfide) groups is 1. The number of benzene rings is 2. The number of hydrogen-bond donors (Lipinski definition) is 1. The molecule has 1 unspecified atom stereocenters. The molecule has 0 fully saturated rings. The fourth-order valence-corrected chi connectivity index (χ4v) is 4.48. The highest BCUT2D eigenvalue weighted by Crippen LogP contribution is 2.49. The third-order valence-electron chi connectivity index (χ3n) is 5.06. The molecule has 1 N–H and O–H groups in total. The Bertz CT molecular complexity index is 1030. The highest BCUT2D eigenvalue weighted by Gasteiger charge is 2.62. The first-order chi connectivity index (χ1) is 15.1. The molecule has 3 rings (SSSR count). The van der Waals surface area contributed by atoms with Gasteiger partial charge in [0.1, 0.15) is 0 Å². The summed E-state index contributed by atoms with van der Waals surface area (Å²) in [6, 6.07) is 8.49. The summed E-state index contributed by atoms with van der Waals surface area (Å²) in [7, 11) is 0. The third-order valence-corrected chi connectivity index (χ3v) is 6.39. The predicted octanol–water partition coefficient (Wildman–Crippen LogP) is 6.37. The lowest BCUT2D eigenvalue weighted by Gasteiger charge is -2.29. The SMILES string of the molecule is CCSCCNC(=O)c1ccc(C2=NOC(c3cc(Cl)cc(Cl)c3)(C(F)(F)F)C2)cc1C. The van der Waals surface area contributed by atoms with Crippen molar-refractivity contribution >= 4 is 46.6 Å². The number of nitrogens with zero attached hydrogens (tertiary/aromatic N) is 1. The summed E-state index contributed by atoms with van der Waals surface area (Å²) < 4.78 is 42.4. The molecule has 1 aliphatic rings. The van der Waals surface area contributed by atoms with Crippen molar-refractivity contribution < 1.29 is 22.8 Å². The molecule has 2 aromatic carbocycles. The smallest absolute Gasteiger partial charge is 0.374 e. The fourth-order valence-electron chi connectivity index (χ4n) is 3.42. The van der Waals surface area contributed by atoms with Crippen molar-refractivity contribution in [1.82, 2.24) is 5.32 Å². The van der Waals surface area contributed by atoms with E-state index in [-0.39, 0.29) is 27.2 Å². The van der Waals surface area contributed by atoms with Crippen LogP contribution < -0.4 is 5.32 Å². The predicted molar refractivity (Wildman–Crippen MR) is 123 cm³/mol. The summed E-state index contributed by atoms with van der Waals surface area (Å²) in [6.07, 6.45) is -5.32. The van der Waals surface area contributed by atoms with Crippen LogP contribution in [0.1, 0.15) is 40.4 Å².